The van der Waals surface area contributed by atoms with Crippen molar-refractivity contribution in [3.05, 3.63) is 28.2 Å². The predicted molar refractivity (Wildman–Crippen MR) is 99.7 cm³/mol. The Labute approximate surface area is 153 Å². The lowest BCUT2D eigenvalue weighted by Gasteiger charge is -2.40. The number of thiophene rings is 1. The van der Waals surface area contributed by atoms with Gasteiger partial charge < -0.3 is 0 Å². The fraction of sp³-hybridized carbons (Fsp3) is 0.722. The lowest BCUT2D eigenvalue weighted by molar-refractivity contribution is 0.0646. The summed E-state index contributed by atoms with van der Waals surface area (Å²) in [6.07, 6.45) is 6.68. The predicted octanol–water partition coefficient (Wildman–Crippen LogP) is 2.79. The van der Waals surface area contributed by atoms with Gasteiger partial charge in [-0.25, -0.2) is 4.68 Å². The fourth-order valence-electron chi connectivity index (χ4n) is 4.40. The molecule has 0 unspecified atom stereocenters. The Bertz CT molecular complexity index is 640. The van der Waals surface area contributed by atoms with E-state index >= 15 is 0 Å². The van der Waals surface area contributed by atoms with Crippen molar-refractivity contribution < 1.29 is 0 Å². The van der Waals surface area contributed by atoms with Crippen LogP contribution in [-0.4, -0.2) is 62.2 Å². The van der Waals surface area contributed by atoms with Crippen LogP contribution in [0.3, 0.4) is 0 Å². The average Bonchev–Trinajstić information content (AvgIpc) is 3.40. The van der Waals surface area contributed by atoms with Crippen LogP contribution in [0.25, 0.3) is 0 Å². The molecule has 25 heavy (non-hydrogen) atoms. The maximum Gasteiger partial charge on any atom is 0.168 e. The first-order chi connectivity index (χ1) is 12.3. The summed E-state index contributed by atoms with van der Waals surface area (Å²) in [5, 5.41) is 14.7. The Balaban J connectivity index is 1.42. The van der Waals surface area contributed by atoms with Crippen molar-refractivity contribution in [3.8, 4) is 0 Å². The van der Waals surface area contributed by atoms with Crippen LogP contribution in [0.5, 0.6) is 0 Å². The van der Waals surface area contributed by atoms with E-state index < -0.39 is 0 Å². The zero-order chi connectivity index (χ0) is 17.1. The summed E-state index contributed by atoms with van der Waals surface area (Å²) in [6, 6.07) is 5.40. The Morgan fingerprint density at radius 1 is 1.20 bits per heavy atom. The zero-order valence-electron chi connectivity index (χ0n) is 15.0. The molecule has 2 aromatic heterocycles. The largest absolute Gasteiger partial charge is 0.298 e. The normalized spacial score (nSPS) is 21.8. The Morgan fingerprint density at radius 3 is 2.68 bits per heavy atom. The Kier molecular flexibility index (Phi) is 5.43. The van der Waals surface area contributed by atoms with Crippen LogP contribution in [0, 0.1) is 0 Å². The van der Waals surface area contributed by atoms with Gasteiger partial charge in [0, 0.05) is 37.1 Å². The summed E-state index contributed by atoms with van der Waals surface area (Å²) in [5.74, 6) is 1.02. The van der Waals surface area contributed by atoms with Crippen molar-refractivity contribution in [2.75, 3.05) is 26.2 Å². The smallest absolute Gasteiger partial charge is 0.168 e. The third-order valence-electron chi connectivity index (χ3n) is 5.76. The Hall–Kier alpha value is -1.31. The first kappa shape index (κ1) is 17.1. The van der Waals surface area contributed by atoms with Crippen LogP contribution in [0.1, 0.15) is 55.8 Å². The van der Waals surface area contributed by atoms with Gasteiger partial charge in [-0.05, 0) is 41.1 Å². The molecule has 7 heteroatoms. The molecule has 4 rings (SSSR count). The minimum absolute atomic E-state index is 0.320. The maximum absolute atomic E-state index is 4.39. The molecule has 2 fully saturated rings. The highest BCUT2D eigenvalue weighted by molar-refractivity contribution is 7.09. The van der Waals surface area contributed by atoms with Gasteiger partial charge in [-0.3, -0.25) is 9.80 Å². The molecule has 1 aliphatic carbocycles. The fourth-order valence-corrected chi connectivity index (χ4v) is 5.09. The van der Waals surface area contributed by atoms with Gasteiger partial charge in [0.05, 0.1) is 12.6 Å². The Morgan fingerprint density at radius 2 is 2.00 bits per heavy atom. The first-order valence-electron chi connectivity index (χ1n) is 9.61. The van der Waals surface area contributed by atoms with Crippen LogP contribution >= 0.6 is 11.3 Å². The van der Waals surface area contributed by atoms with E-state index in [9.17, 15) is 0 Å². The van der Waals surface area contributed by atoms with Gasteiger partial charge in [0.15, 0.2) is 5.82 Å². The molecule has 1 aliphatic heterocycles. The van der Waals surface area contributed by atoms with Gasteiger partial charge >= 0.3 is 0 Å². The van der Waals surface area contributed by atoms with Crippen molar-refractivity contribution in [2.24, 2.45) is 0 Å². The number of aromatic nitrogens is 4. The highest BCUT2D eigenvalue weighted by atomic mass is 32.1. The van der Waals surface area contributed by atoms with E-state index in [1.54, 1.807) is 11.3 Å². The van der Waals surface area contributed by atoms with Crippen molar-refractivity contribution in [3.63, 3.8) is 0 Å². The SMILES string of the molecule is CC[C@H](c1nnnn1Cc1cccs1)N1CCN(C2CCCC2)CC1. The van der Waals surface area contributed by atoms with Gasteiger partial charge in [0.2, 0.25) is 0 Å². The molecule has 3 heterocycles. The first-order valence-corrected chi connectivity index (χ1v) is 10.5. The molecule has 0 amide bonds. The van der Waals surface area contributed by atoms with E-state index in [0.29, 0.717) is 6.04 Å². The molecule has 2 aliphatic rings. The quantitative estimate of drug-likeness (QED) is 0.793. The number of hydrogen-bond acceptors (Lipinski definition) is 6. The van der Waals surface area contributed by atoms with Crippen LogP contribution in [0.2, 0.25) is 0 Å². The monoisotopic (exact) mass is 360 g/mol. The summed E-state index contributed by atoms with van der Waals surface area (Å²) in [7, 11) is 0. The summed E-state index contributed by atoms with van der Waals surface area (Å²) in [4.78, 5) is 6.60. The highest BCUT2D eigenvalue weighted by Gasteiger charge is 2.31. The summed E-state index contributed by atoms with van der Waals surface area (Å²) in [5.41, 5.74) is 0. The van der Waals surface area contributed by atoms with Crippen LogP contribution in [0.15, 0.2) is 17.5 Å². The second kappa shape index (κ2) is 7.93. The number of piperazine rings is 1. The molecule has 0 radical (unpaired) electrons. The van der Waals surface area contributed by atoms with Gasteiger partial charge in [-0.2, -0.15) is 0 Å². The standard InChI is InChI=1S/C18H28N6S/c1-2-17(18-19-20-21-24(18)14-16-8-5-13-25-16)23-11-9-22(10-12-23)15-6-3-4-7-15/h5,8,13,15,17H,2-4,6-7,9-12,14H2,1H3/t17-/m1/s1. The lowest BCUT2D eigenvalue weighted by Crippen LogP contribution is -2.50. The summed E-state index contributed by atoms with van der Waals surface area (Å²) in [6.45, 7) is 7.65. The molecule has 1 saturated heterocycles. The van der Waals surface area contributed by atoms with Gasteiger partial charge in [-0.15, -0.1) is 16.4 Å². The number of nitrogens with zero attached hydrogens (tertiary/aromatic N) is 6. The minimum Gasteiger partial charge on any atom is -0.298 e. The van der Waals surface area contributed by atoms with Crippen LogP contribution in [0.4, 0.5) is 0 Å². The minimum atomic E-state index is 0.320. The molecule has 0 aromatic carbocycles. The van der Waals surface area contributed by atoms with Crippen LogP contribution < -0.4 is 0 Å². The second-order valence-electron chi connectivity index (χ2n) is 7.21. The average molecular weight is 361 g/mol. The number of hydrogen-bond donors (Lipinski definition) is 0. The van der Waals surface area contributed by atoms with Crippen LogP contribution in [-0.2, 0) is 6.54 Å². The summed E-state index contributed by atoms with van der Waals surface area (Å²) < 4.78 is 1.99. The maximum atomic E-state index is 4.39. The van der Waals surface area contributed by atoms with E-state index in [1.807, 2.05) is 4.68 Å². The van der Waals surface area contributed by atoms with Crippen molar-refractivity contribution in [1.29, 1.82) is 0 Å². The van der Waals surface area contributed by atoms with Crippen molar-refractivity contribution in [1.82, 2.24) is 30.0 Å². The van der Waals surface area contributed by atoms with E-state index in [0.717, 1.165) is 37.9 Å². The molecular weight excluding hydrogens is 332 g/mol. The molecule has 136 valence electrons. The molecular formula is C18H28N6S. The van der Waals surface area contributed by atoms with Gasteiger partial charge in [0.25, 0.3) is 0 Å². The van der Waals surface area contributed by atoms with Crippen molar-refractivity contribution in [2.45, 2.75) is 57.7 Å². The summed E-state index contributed by atoms with van der Waals surface area (Å²) >= 11 is 1.76. The van der Waals surface area contributed by atoms with E-state index in [4.69, 9.17) is 0 Å². The van der Waals surface area contributed by atoms with Gasteiger partial charge in [-0.1, -0.05) is 25.8 Å². The van der Waals surface area contributed by atoms with E-state index in [2.05, 4.69) is 49.8 Å². The second-order valence-corrected chi connectivity index (χ2v) is 8.24. The number of rotatable bonds is 6. The molecule has 1 saturated carbocycles. The third-order valence-corrected chi connectivity index (χ3v) is 6.62. The highest BCUT2D eigenvalue weighted by Crippen LogP contribution is 2.28. The molecule has 0 bridgehead atoms. The van der Waals surface area contributed by atoms with E-state index in [1.165, 1.54) is 43.6 Å². The zero-order valence-corrected chi connectivity index (χ0v) is 15.9. The molecule has 6 nitrogen and oxygen atoms in total. The molecule has 0 N–H and O–H groups in total. The number of tetrazole rings is 1. The lowest BCUT2D eigenvalue weighted by atomic mass is 10.1. The van der Waals surface area contributed by atoms with Crippen molar-refractivity contribution >= 4 is 11.3 Å². The van der Waals surface area contributed by atoms with E-state index in [-0.39, 0.29) is 0 Å². The third kappa shape index (κ3) is 3.78. The van der Waals surface area contributed by atoms with Gasteiger partial charge in [0.1, 0.15) is 0 Å². The molecule has 1 atom stereocenters. The molecule has 0 spiro atoms. The molecule has 2 aromatic rings. The topological polar surface area (TPSA) is 50.1 Å².